The number of carbonyl (C=O) groups is 2. The molecule has 1 saturated heterocycles. The SMILES string of the molecule is C=CCNC(=O)COC(=O)c1ccc(Cl)c(S(=O)(=O)N2CCCCC2)c1. The number of halogens is 1. The van der Waals surface area contributed by atoms with Crippen molar-refractivity contribution in [3.63, 3.8) is 0 Å². The van der Waals surface area contributed by atoms with Gasteiger partial charge in [-0.3, -0.25) is 4.79 Å². The molecule has 1 amide bonds. The van der Waals surface area contributed by atoms with E-state index in [1.54, 1.807) is 0 Å². The van der Waals surface area contributed by atoms with Gasteiger partial charge < -0.3 is 10.1 Å². The number of carbonyl (C=O) groups excluding carboxylic acids is 2. The molecule has 1 fully saturated rings. The van der Waals surface area contributed by atoms with Crippen molar-refractivity contribution in [1.29, 1.82) is 0 Å². The summed E-state index contributed by atoms with van der Waals surface area (Å²) < 4.78 is 31.8. The van der Waals surface area contributed by atoms with Crippen molar-refractivity contribution in [3.05, 3.63) is 41.4 Å². The van der Waals surface area contributed by atoms with Crippen LogP contribution in [0.4, 0.5) is 0 Å². The van der Waals surface area contributed by atoms with Gasteiger partial charge in [0.2, 0.25) is 10.0 Å². The number of amides is 1. The molecule has 0 unspecified atom stereocenters. The molecule has 2 rings (SSSR count). The first-order valence-electron chi connectivity index (χ1n) is 8.20. The summed E-state index contributed by atoms with van der Waals surface area (Å²) in [6.07, 6.45) is 4.06. The van der Waals surface area contributed by atoms with Crippen LogP contribution in [-0.2, 0) is 19.6 Å². The molecular formula is C17H21ClN2O5S. The highest BCUT2D eigenvalue weighted by molar-refractivity contribution is 7.89. The molecule has 0 spiro atoms. The fraction of sp³-hybridized carbons (Fsp3) is 0.412. The maximum absolute atomic E-state index is 12.8. The molecular weight excluding hydrogens is 380 g/mol. The number of ether oxygens (including phenoxy) is 1. The Balaban J connectivity index is 2.14. The first-order valence-corrected chi connectivity index (χ1v) is 10.0. The predicted octanol–water partition coefficient (Wildman–Crippen LogP) is 1.97. The van der Waals surface area contributed by atoms with E-state index in [0.29, 0.717) is 13.1 Å². The zero-order chi connectivity index (χ0) is 19.2. The molecule has 26 heavy (non-hydrogen) atoms. The monoisotopic (exact) mass is 400 g/mol. The maximum atomic E-state index is 12.8. The van der Waals surface area contributed by atoms with E-state index in [4.69, 9.17) is 16.3 Å². The zero-order valence-electron chi connectivity index (χ0n) is 14.2. The van der Waals surface area contributed by atoms with Gasteiger partial charge in [-0.15, -0.1) is 6.58 Å². The molecule has 0 radical (unpaired) electrons. The van der Waals surface area contributed by atoms with Gasteiger partial charge in [0, 0.05) is 19.6 Å². The van der Waals surface area contributed by atoms with Crippen LogP contribution in [0.3, 0.4) is 0 Å². The van der Waals surface area contributed by atoms with Gasteiger partial charge in [-0.25, -0.2) is 13.2 Å². The molecule has 0 atom stereocenters. The Bertz CT molecular complexity index is 788. The van der Waals surface area contributed by atoms with E-state index in [2.05, 4.69) is 11.9 Å². The van der Waals surface area contributed by atoms with Crippen LogP contribution >= 0.6 is 11.6 Å². The molecule has 142 valence electrons. The molecule has 1 heterocycles. The summed E-state index contributed by atoms with van der Waals surface area (Å²) in [7, 11) is -3.79. The Morgan fingerprint density at radius 2 is 1.96 bits per heavy atom. The number of sulfonamides is 1. The molecule has 0 bridgehead atoms. The Labute approximate surface area is 158 Å². The molecule has 0 saturated carbocycles. The maximum Gasteiger partial charge on any atom is 0.338 e. The molecule has 7 nitrogen and oxygen atoms in total. The second kappa shape index (κ2) is 9.16. The third-order valence-electron chi connectivity index (χ3n) is 3.88. The minimum Gasteiger partial charge on any atom is -0.452 e. The fourth-order valence-electron chi connectivity index (χ4n) is 2.52. The van der Waals surface area contributed by atoms with Gasteiger partial charge in [0.15, 0.2) is 6.61 Å². The van der Waals surface area contributed by atoms with E-state index < -0.39 is 28.5 Å². The summed E-state index contributed by atoms with van der Waals surface area (Å²) in [4.78, 5) is 23.4. The van der Waals surface area contributed by atoms with Crippen LogP contribution in [0.1, 0.15) is 29.6 Å². The quantitative estimate of drug-likeness (QED) is 0.558. The zero-order valence-corrected chi connectivity index (χ0v) is 15.8. The van der Waals surface area contributed by atoms with E-state index in [0.717, 1.165) is 19.3 Å². The standard InChI is InChI=1S/C17H21ClN2O5S/c1-2-8-19-16(21)12-25-17(22)13-6-7-14(18)15(11-13)26(23,24)20-9-4-3-5-10-20/h2,6-7,11H,1,3-5,8-10,12H2,(H,19,21). The van der Waals surface area contributed by atoms with Crippen LogP contribution in [0.5, 0.6) is 0 Å². The summed E-state index contributed by atoms with van der Waals surface area (Å²) in [5.74, 6) is -1.28. The third kappa shape index (κ3) is 5.06. The summed E-state index contributed by atoms with van der Waals surface area (Å²) in [5.41, 5.74) is 0.0153. The molecule has 1 aromatic carbocycles. The molecule has 1 aliphatic heterocycles. The average Bonchev–Trinajstić information content (AvgIpc) is 2.65. The van der Waals surface area contributed by atoms with Gasteiger partial charge in [0.25, 0.3) is 5.91 Å². The average molecular weight is 401 g/mol. The van der Waals surface area contributed by atoms with Crippen LogP contribution in [0, 0.1) is 0 Å². The number of benzene rings is 1. The number of nitrogens with one attached hydrogen (secondary N) is 1. The Morgan fingerprint density at radius 3 is 2.62 bits per heavy atom. The number of piperidine rings is 1. The van der Waals surface area contributed by atoms with Crippen molar-refractivity contribution >= 4 is 33.5 Å². The first-order chi connectivity index (χ1) is 12.4. The molecule has 0 aromatic heterocycles. The van der Waals surface area contributed by atoms with E-state index in [1.165, 1.54) is 28.6 Å². The van der Waals surface area contributed by atoms with Gasteiger partial charge in [-0.1, -0.05) is 24.1 Å². The van der Waals surface area contributed by atoms with Gasteiger partial charge >= 0.3 is 5.97 Å². The second-order valence-electron chi connectivity index (χ2n) is 5.78. The Kier molecular flexibility index (Phi) is 7.19. The van der Waals surface area contributed by atoms with E-state index in [9.17, 15) is 18.0 Å². The second-order valence-corrected chi connectivity index (χ2v) is 8.09. The third-order valence-corrected chi connectivity index (χ3v) is 6.26. The minimum atomic E-state index is -3.79. The molecule has 9 heteroatoms. The first kappa shape index (κ1) is 20.4. The van der Waals surface area contributed by atoms with Crippen LogP contribution in [0.2, 0.25) is 5.02 Å². The van der Waals surface area contributed by atoms with Gasteiger partial charge in [-0.05, 0) is 31.0 Å². The lowest BCUT2D eigenvalue weighted by molar-refractivity contribution is -0.124. The van der Waals surface area contributed by atoms with Crippen molar-refractivity contribution < 1.29 is 22.7 Å². The fourth-order valence-corrected chi connectivity index (χ4v) is 4.54. The van der Waals surface area contributed by atoms with Crippen LogP contribution < -0.4 is 5.32 Å². The molecule has 1 aliphatic rings. The lowest BCUT2D eigenvalue weighted by Crippen LogP contribution is -2.35. The summed E-state index contributed by atoms with van der Waals surface area (Å²) >= 11 is 6.06. The lowest BCUT2D eigenvalue weighted by atomic mass is 10.2. The van der Waals surface area contributed by atoms with Crippen molar-refractivity contribution in [2.75, 3.05) is 26.2 Å². The largest absolute Gasteiger partial charge is 0.452 e. The minimum absolute atomic E-state index is 0.0153. The highest BCUT2D eigenvalue weighted by atomic mass is 35.5. The van der Waals surface area contributed by atoms with Crippen LogP contribution in [0.25, 0.3) is 0 Å². The topological polar surface area (TPSA) is 92.8 Å². The molecule has 0 aliphatic carbocycles. The van der Waals surface area contributed by atoms with Crippen molar-refractivity contribution in [2.24, 2.45) is 0 Å². The van der Waals surface area contributed by atoms with Crippen molar-refractivity contribution in [2.45, 2.75) is 24.2 Å². The summed E-state index contributed by atoms with van der Waals surface area (Å²) in [6, 6.07) is 3.89. The van der Waals surface area contributed by atoms with Crippen LogP contribution in [-0.4, -0.2) is 50.8 Å². The smallest absolute Gasteiger partial charge is 0.338 e. The highest BCUT2D eigenvalue weighted by Crippen LogP contribution is 2.28. The molecule has 1 N–H and O–H groups in total. The van der Waals surface area contributed by atoms with Crippen molar-refractivity contribution in [1.82, 2.24) is 9.62 Å². The summed E-state index contributed by atoms with van der Waals surface area (Å²) in [5, 5.41) is 2.51. The van der Waals surface area contributed by atoms with E-state index >= 15 is 0 Å². The van der Waals surface area contributed by atoms with Crippen molar-refractivity contribution in [3.8, 4) is 0 Å². The number of hydrogen-bond donors (Lipinski definition) is 1. The van der Waals surface area contributed by atoms with Gasteiger partial charge in [0.05, 0.1) is 10.6 Å². The van der Waals surface area contributed by atoms with Crippen LogP contribution in [0.15, 0.2) is 35.7 Å². The lowest BCUT2D eigenvalue weighted by Gasteiger charge is -2.26. The Hall–Kier alpha value is -1.90. The van der Waals surface area contributed by atoms with E-state index in [-0.39, 0.29) is 22.0 Å². The van der Waals surface area contributed by atoms with Gasteiger partial charge in [0.1, 0.15) is 4.90 Å². The number of hydrogen-bond acceptors (Lipinski definition) is 5. The van der Waals surface area contributed by atoms with Gasteiger partial charge in [-0.2, -0.15) is 4.31 Å². The summed E-state index contributed by atoms with van der Waals surface area (Å²) in [6.45, 7) is 4.10. The van der Waals surface area contributed by atoms with E-state index in [1.807, 2.05) is 0 Å². The number of esters is 1. The normalized spacial score (nSPS) is 15.3. The highest BCUT2D eigenvalue weighted by Gasteiger charge is 2.29. The predicted molar refractivity (Wildman–Crippen MR) is 97.6 cm³/mol. The number of rotatable bonds is 7. The Morgan fingerprint density at radius 1 is 1.27 bits per heavy atom. The number of nitrogens with zero attached hydrogens (tertiary/aromatic N) is 1. The molecule has 1 aromatic rings.